The van der Waals surface area contributed by atoms with E-state index in [1.807, 2.05) is 12.2 Å². The summed E-state index contributed by atoms with van der Waals surface area (Å²) in [6.45, 7) is 11.4. The second-order valence-corrected chi connectivity index (χ2v) is 4.08. The molecule has 1 aliphatic rings. The maximum Gasteiger partial charge on any atom is 0.0716 e. The van der Waals surface area contributed by atoms with Crippen molar-refractivity contribution >= 4 is 5.69 Å². The first-order valence-electron chi connectivity index (χ1n) is 5.62. The maximum atomic E-state index is 3.82. The van der Waals surface area contributed by atoms with Gasteiger partial charge in [0.2, 0.25) is 0 Å². The van der Waals surface area contributed by atoms with Crippen molar-refractivity contribution in [3.05, 3.63) is 55.1 Å². The highest BCUT2D eigenvalue weighted by atomic mass is 15.3. The Labute approximate surface area is 97.5 Å². The molecule has 84 valence electrons. The summed E-state index contributed by atoms with van der Waals surface area (Å²) in [6.07, 6.45) is 3.91. The summed E-state index contributed by atoms with van der Waals surface area (Å²) >= 11 is 0. The third-order valence-electron chi connectivity index (χ3n) is 2.83. The van der Waals surface area contributed by atoms with Crippen LogP contribution in [0.3, 0.4) is 0 Å². The minimum Gasteiger partial charge on any atom is -0.355 e. The van der Waals surface area contributed by atoms with E-state index in [4.69, 9.17) is 0 Å². The van der Waals surface area contributed by atoms with Gasteiger partial charge in [0.1, 0.15) is 0 Å². The van der Waals surface area contributed by atoms with Gasteiger partial charge in [-0.15, -0.1) is 13.2 Å². The quantitative estimate of drug-likeness (QED) is 0.711. The van der Waals surface area contributed by atoms with Crippen molar-refractivity contribution in [1.29, 1.82) is 0 Å². The fourth-order valence-electron chi connectivity index (χ4n) is 2.18. The topological polar surface area (TPSA) is 6.48 Å². The first-order valence-corrected chi connectivity index (χ1v) is 5.62. The molecule has 1 heterocycles. The third-order valence-corrected chi connectivity index (χ3v) is 2.83. The van der Waals surface area contributed by atoms with E-state index in [1.54, 1.807) is 0 Å². The zero-order valence-electron chi connectivity index (χ0n) is 9.60. The van der Waals surface area contributed by atoms with Crippen molar-refractivity contribution in [2.45, 2.75) is 6.54 Å². The summed E-state index contributed by atoms with van der Waals surface area (Å²) in [5.41, 5.74) is 2.72. The van der Waals surface area contributed by atoms with Crippen LogP contribution in [0.2, 0.25) is 0 Å². The predicted molar refractivity (Wildman–Crippen MR) is 69.5 cm³/mol. The zero-order valence-corrected chi connectivity index (χ0v) is 9.60. The van der Waals surface area contributed by atoms with E-state index in [2.05, 4.69) is 47.2 Å². The molecule has 2 heteroatoms. The van der Waals surface area contributed by atoms with E-state index >= 15 is 0 Å². The van der Waals surface area contributed by atoms with Gasteiger partial charge in [0.25, 0.3) is 0 Å². The lowest BCUT2D eigenvalue weighted by Crippen LogP contribution is -2.42. The van der Waals surface area contributed by atoms with Crippen LogP contribution in [0.15, 0.2) is 49.6 Å². The Hall–Kier alpha value is -1.54. The minimum absolute atomic E-state index is 0.894. The number of rotatable bonds is 4. The summed E-state index contributed by atoms with van der Waals surface area (Å²) in [7, 11) is 0. The minimum atomic E-state index is 0.894. The van der Waals surface area contributed by atoms with Crippen LogP contribution in [0.4, 0.5) is 5.69 Å². The van der Waals surface area contributed by atoms with Crippen LogP contribution in [0.1, 0.15) is 5.56 Å². The standard InChI is InChI=1S/C14H18N2/c1-3-9-15-11-13-7-5-6-8-14(13)16(12-15)10-4-2/h3-8H,1-2,9-12H2. The Balaban J connectivity index is 2.25. The van der Waals surface area contributed by atoms with E-state index in [0.29, 0.717) is 0 Å². The van der Waals surface area contributed by atoms with Crippen molar-refractivity contribution in [3.63, 3.8) is 0 Å². The van der Waals surface area contributed by atoms with Gasteiger partial charge in [0.15, 0.2) is 0 Å². The molecule has 0 unspecified atom stereocenters. The van der Waals surface area contributed by atoms with Gasteiger partial charge >= 0.3 is 0 Å². The second kappa shape index (κ2) is 4.99. The molecule has 0 N–H and O–H groups in total. The number of para-hydroxylation sites is 1. The summed E-state index contributed by atoms with van der Waals surface area (Å²) in [5, 5.41) is 0. The molecule has 0 atom stereocenters. The number of hydrogen-bond acceptors (Lipinski definition) is 2. The lowest BCUT2D eigenvalue weighted by molar-refractivity contribution is 0.282. The van der Waals surface area contributed by atoms with Crippen LogP contribution in [-0.4, -0.2) is 24.7 Å². The first kappa shape index (κ1) is 11.0. The lowest BCUT2D eigenvalue weighted by atomic mass is 10.1. The molecule has 0 saturated heterocycles. The summed E-state index contributed by atoms with van der Waals surface area (Å²) in [5.74, 6) is 0. The number of hydrogen-bond donors (Lipinski definition) is 0. The Kier molecular flexibility index (Phi) is 3.42. The molecule has 1 aromatic rings. The van der Waals surface area contributed by atoms with Gasteiger partial charge in [-0.05, 0) is 11.6 Å². The molecule has 0 spiro atoms. The highest BCUT2D eigenvalue weighted by molar-refractivity contribution is 5.55. The van der Waals surface area contributed by atoms with Crippen LogP contribution in [0.25, 0.3) is 0 Å². The molecule has 1 aliphatic heterocycles. The Bertz CT molecular complexity index is 384. The van der Waals surface area contributed by atoms with Crippen molar-refractivity contribution in [2.75, 3.05) is 24.7 Å². The smallest absolute Gasteiger partial charge is 0.0716 e. The molecule has 0 amide bonds. The van der Waals surface area contributed by atoms with E-state index in [-0.39, 0.29) is 0 Å². The zero-order chi connectivity index (χ0) is 11.4. The van der Waals surface area contributed by atoms with Gasteiger partial charge in [0, 0.05) is 25.3 Å². The summed E-state index contributed by atoms with van der Waals surface area (Å²) in [4.78, 5) is 4.72. The van der Waals surface area contributed by atoms with E-state index in [0.717, 1.165) is 26.3 Å². The van der Waals surface area contributed by atoms with Gasteiger partial charge in [-0.3, -0.25) is 4.90 Å². The predicted octanol–water partition coefficient (Wildman–Crippen LogP) is 2.64. The van der Waals surface area contributed by atoms with Gasteiger partial charge in [-0.2, -0.15) is 0 Å². The molecule has 2 nitrogen and oxygen atoms in total. The van der Waals surface area contributed by atoms with Crippen molar-refractivity contribution < 1.29 is 0 Å². The number of nitrogens with zero attached hydrogens (tertiary/aromatic N) is 2. The van der Waals surface area contributed by atoms with Crippen molar-refractivity contribution in [2.24, 2.45) is 0 Å². The molecule has 2 rings (SSSR count). The normalized spacial score (nSPS) is 15.6. The number of fused-ring (bicyclic) bond motifs is 1. The monoisotopic (exact) mass is 214 g/mol. The Morgan fingerprint density at radius 3 is 2.62 bits per heavy atom. The maximum absolute atomic E-state index is 3.82. The van der Waals surface area contributed by atoms with Crippen LogP contribution in [-0.2, 0) is 6.54 Å². The van der Waals surface area contributed by atoms with Gasteiger partial charge in [0.05, 0.1) is 6.67 Å². The average molecular weight is 214 g/mol. The highest BCUT2D eigenvalue weighted by Crippen LogP contribution is 2.26. The first-order chi connectivity index (χ1) is 7.85. The number of benzene rings is 1. The third kappa shape index (κ3) is 2.17. The van der Waals surface area contributed by atoms with Crippen molar-refractivity contribution in [1.82, 2.24) is 4.90 Å². The summed E-state index contributed by atoms with van der Waals surface area (Å²) in [6, 6.07) is 8.57. The molecule has 0 aliphatic carbocycles. The Morgan fingerprint density at radius 2 is 1.88 bits per heavy atom. The van der Waals surface area contributed by atoms with E-state index < -0.39 is 0 Å². The summed E-state index contributed by atoms with van der Waals surface area (Å²) < 4.78 is 0. The van der Waals surface area contributed by atoms with Crippen LogP contribution in [0.5, 0.6) is 0 Å². The second-order valence-electron chi connectivity index (χ2n) is 4.08. The highest BCUT2D eigenvalue weighted by Gasteiger charge is 2.19. The molecule has 0 bridgehead atoms. The molecular formula is C14H18N2. The fourth-order valence-corrected chi connectivity index (χ4v) is 2.18. The molecule has 0 saturated carbocycles. The molecule has 1 aromatic carbocycles. The Morgan fingerprint density at radius 1 is 1.12 bits per heavy atom. The van der Waals surface area contributed by atoms with Crippen LogP contribution >= 0.6 is 0 Å². The van der Waals surface area contributed by atoms with Gasteiger partial charge < -0.3 is 4.90 Å². The number of anilines is 1. The van der Waals surface area contributed by atoms with Crippen LogP contribution < -0.4 is 4.90 Å². The molecule has 16 heavy (non-hydrogen) atoms. The van der Waals surface area contributed by atoms with Gasteiger partial charge in [-0.25, -0.2) is 0 Å². The average Bonchev–Trinajstić information content (AvgIpc) is 2.30. The SMILES string of the molecule is C=CCN1Cc2ccccc2N(CC=C)C1. The molecule has 0 fully saturated rings. The van der Waals surface area contributed by atoms with E-state index in [9.17, 15) is 0 Å². The van der Waals surface area contributed by atoms with Crippen molar-refractivity contribution in [3.8, 4) is 0 Å². The lowest BCUT2D eigenvalue weighted by Gasteiger charge is -2.37. The molecular weight excluding hydrogens is 196 g/mol. The largest absolute Gasteiger partial charge is 0.355 e. The van der Waals surface area contributed by atoms with Crippen LogP contribution in [0, 0.1) is 0 Å². The van der Waals surface area contributed by atoms with Gasteiger partial charge in [-0.1, -0.05) is 30.4 Å². The molecule has 0 radical (unpaired) electrons. The fraction of sp³-hybridized carbons (Fsp3) is 0.286. The molecule has 0 aromatic heterocycles. The van der Waals surface area contributed by atoms with E-state index in [1.165, 1.54) is 11.3 Å².